The maximum absolute atomic E-state index is 12.4. The largest absolute Gasteiger partial charge is 0.493 e. The molecule has 0 fully saturated rings. The van der Waals surface area contributed by atoms with Crippen molar-refractivity contribution in [2.45, 2.75) is 25.9 Å². The van der Waals surface area contributed by atoms with Gasteiger partial charge in [0, 0.05) is 11.9 Å². The molecular weight excluding hydrogens is 366 g/mol. The standard InChI is InChI=1S/C24H27NO4/c1-17(29-21-12-6-10-19-9-4-5-11-20(19)21)24(26)25-15-7-8-18-13-14-22(27-2)23(16-18)28-3/h4-6,9-14,16-17H,7-8,15H2,1-3H3,(H,25,26). The first-order valence-electron chi connectivity index (χ1n) is 9.75. The number of benzene rings is 3. The van der Waals surface area contributed by atoms with Crippen molar-refractivity contribution in [3.05, 3.63) is 66.2 Å². The highest BCUT2D eigenvalue weighted by Gasteiger charge is 2.15. The Labute approximate surface area is 171 Å². The zero-order valence-electron chi connectivity index (χ0n) is 17.1. The number of aryl methyl sites for hydroxylation is 1. The van der Waals surface area contributed by atoms with Crippen LogP contribution in [0.3, 0.4) is 0 Å². The van der Waals surface area contributed by atoms with Crippen LogP contribution in [0, 0.1) is 0 Å². The molecule has 0 spiro atoms. The molecule has 152 valence electrons. The summed E-state index contributed by atoms with van der Waals surface area (Å²) in [5.41, 5.74) is 1.14. The van der Waals surface area contributed by atoms with E-state index in [9.17, 15) is 4.79 Å². The molecule has 0 saturated carbocycles. The van der Waals surface area contributed by atoms with Crippen molar-refractivity contribution in [1.82, 2.24) is 5.32 Å². The molecule has 5 nitrogen and oxygen atoms in total. The lowest BCUT2D eigenvalue weighted by atomic mass is 10.1. The molecule has 29 heavy (non-hydrogen) atoms. The third kappa shape index (κ3) is 5.19. The lowest BCUT2D eigenvalue weighted by Gasteiger charge is -2.16. The highest BCUT2D eigenvalue weighted by Crippen LogP contribution is 2.28. The van der Waals surface area contributed by atoms with Crippen LogP contribution in [0.15, 0.2) is 60.7 Å². The summed E-state index contributed by atoms with van der Waals surface area (Å²) in [6, 6.07) is 19.7. The fourth-order valence-corrected chi connectivity index (χ4v) is 3.23. The predicted octanol–water partition coefficient (Wildman–Crippen LogP) is 4.37. The number of amides is 1. The quantitative estimate of drug-likeness (QED) is 0.549. The van der Waals surface area contributed by atoms with Crippen LogP contribution in [0.4, 0.5) is 0 Å². The van der Waals surface area contributed by atoms with E-state index in [0.29, 0.717) is 18.0 Å². The van der Waals surface area contributed by atoms with Crippen LogP contribution < -0.4 is 19.5 Å². The number of fused-ring (bicyclic) bond motifs is 1. The Bertz CT molecular complexity index is 965. The van der Waals surface area contributed by atoms with Crippen LogP contribution in [-0.4, -0.2) is 32.8 Å². The zero-order valence-corrected chi connectivity index (χ0v) is 17.1. The molecule has 3 aromatic carbocycles. The summed E-state index contributed by atoms with van der Waals surface area (Å²) in [5, 5.41) is 5.05. The lowest BCUT2D eigenvalue weighted by molar-refractivity contribution is -0.127. The third-order valence-corrected chi connectivity index (χ3v) is 4.81. The van der Waals surface area contributed by atoms with Gasteiger partial charge in [-0.15, -0.1) is 0 Å². The van der Waals surface area contributed by atoms with Gasteiger partial charge in [0.25, 0.3) is 5.91 Å². The Balaban J connectivity index is 1.49. The number of ether oxygens (including phenoxy) is 3. The summed E-state index contributed by atoms with van der Waals surface area (Å²) < 4.78 is 16.5. The minimum atomic E-state index is -0.568. The number of methoxy groups -OCH3 is 2. The second kappa shape index (κ2) is 9.82. The van der Waals surface area contributed by atoms with Crippen molar-refractivity contribution in [2.75, 3.05) is 20.8 Å². The van der Waals surface area contributed by atoms with Crippen molar-refractivity contribution < 1.29 is 19.0 Å². The van der Waals surface area contributed by atoms with Crippen molar-refractivity contribution in [3.8, 4) is 17.2 Å². The van der Waals surface area contributed by atoms with E-state index in [4.69, 9.17) is 14.2 Å². The van der Waals surface area contributed by atoms with Gasteiger partial charge in [-0.25, -0.2) is 0 Å². The van der Waals surface area contributed by atoms with Crippen LogP contribution in [0.1, 0.15) is 18.9 Å². The molecule has 1 N–H and O–H groups in total. The summed E-state index contributed by atoms with van der Waals surface area (Å²) in [5.74, 6) is 2.02. The third-order valence-electron chi connectivity index (χ3n) is 4.81. The van der Waals surface area contributed by atoms with Crippen LogP contribution in [-0.2, 0) is 11.2 Å². The van der Waals surface area contributed by atoms with E-state index in [1.54, 1.807) is 21.1 Å². The first-order chi connectivity index (χ1) is 14.1. The first kappa shape index (κ1) is 20.5. The van der Waals surface area contributed by atoms with Gasteiger partial charge in [0.1, 0.15) is 5.75 Å². The van der Waals surface area contributed by atoms with Crippen LogP contribution >= 0.6 is 0 Å². The monoisotopic (exact) mass is 393 g/mol. The van der Waals surface area contributed by atoms with Crippen molar-refractivity contribution in [1.29, 1.82) is 0 Å². The average molecular weight is 393 g/mol. The van der Waals surface area contributed by atoms with E-state index < -0.39 is 6.10 Å². The maximum Gasteiger partial charge on any atom is 0.260 e. The van der Waals surface area contributed by atoms with E-state index in [0.717, 1.165) is 34.9 Å². The van der Waals surface area contributed by atoms with Gasteiger partial charge in [0.05, 0.1) is 14.2 Å². The molecule has 0 saturated heterocycles. The highest BCUT2D eigenvalue weighted by atomic mass is 16.5. The molecule has 0 radical (unpaired) electrons. The maximum atomic E-state index is 12.4. The number of hydrogen-bond donors (Lipinski definition) is 1. The number of carbonyl (C=O) groups excluding carboxylic acids is 1. The summed E-state index contributed by atoms with van der Waals surface area (Å²) in [6.07, 6.45) is 1.09. The topological polar surface area (TPSA) is 56.8 Å². The molecule has 0 heterocycles. The number of hydrogen-bond acceptors (Lipinski definition) is 4. The zero-order chi connectivity index (χ0) is 20.6. The van der Waals surface area contributed by atoms with E-state index in [1.807, 2.05) is 60.7 Å². The predicted molar refractivity (Wildman–Crippen MR) is 115 cm³/mol. The number of nitrogens with one attached hydrogen (secondary N) is 1. The Morgan fingerprint density at radius 2 is 1.69 bits per heavy atom. The Hall–Kier alpha value is -3.21. The van der Waals surface area contributed by atoms with Gasteiger partial charge < -0.3 is 19.5 Å². The molecule has 0 aliphatic carbocycles. The van der Waals surface area contributed by atoms with Gasteiger partial charge >= 0.3 is 0 Å². The van der Waals surface area contributed by atoms with Crippen LogP contribution in [0.5, 0.6) is 17.2 Å². The van der Waals surface area contributed by atoms with Crippen LogP contribution in [0.25, 0.3) is 10.8 Å². The average Bonchev–Trinajstić information content (AvgIpc) is 2.76. The Morgan fingerprint density at radius 3 is 2.48 bits per heavy atom. The molecule has 0 bridgehead atoms. The van der Waals surface area contributed by atoms with E-state index in [-0.39, 0.29) is 5.91 Å². The smallest absolute Gasteiger partial charge is 0.260 e. The van der Waals surface area contributed by atoms with Gasteiger partial charge in [0.15, 0.2) is 17.6 Å². The fourth-order valence-electron chi connectivity index (χ4n) is 3.23. The van der Waals surface area contributed by atoms with E-state index in [2.05, 4.69) is 5.32 Å². The summed E-state index contributed by atoms with van der Waals surface area (Å²) >= 11 is 0. The Kier molecular flexibility index (Phi) is 6.95. The van der Waals surface area contributed by atoms with Crippen molar-refractivity contribution >= 4 is 16.7 Å². The molecular formula is C24H27NO4. The molecule has 5 heteroatoms. The Morgan fingerprint density at radius 1 is 0.931 bits per heavy atom. The van der Waals surface area contributed by atoms with Gasteiger partial charge in [-0.1, -0.05) is 42.5 Å². The van der Waals surface area contributed by atoms with Crippen molar-refractivity contribution in [2.24, 2.45) is 0 Å². The minimum Gasteiger partial charge on any atom is -0.493 e. The van der Waals surface area contributed by atoms with Gasteiger partial charge in [0.2, 0.25) is 0 Å². The number of rotatable bonds is 9. The normalized spacial score (nSPS) is 11.7. The van der Waals surface area contributed by atoms with Gasteiger partial charge in [-0.3, -0.25) is 4.79 Å². The second-order valence-corrected chi connectivity index (χ2v) is 6.82. The second-order valence-electron chi connectivity index (χ2n) is 6.82. The lowest BCUT2D eigenvalue weighted by Crippen LogP contribution is -2.37. The van der Waals surface area contributed by atoms with E-state index in [1.165, 1.54) is 0 Å². The molecule has 1 atom stereocenters. The number of carbonyl (C=O) groups is 1. The van der Waals surface area contributed by atoms with Crippen molar-refractivity contribution in [3.63, 3.8) is 0 Å². The molecule has 3 rings (SSSR count). The molecule has 0 aliphatic heterocycles. The van der Waals surface area contributed by atoms with Gasteiger partial charge in [-0.2, -0.15) is 0 Å². The fraction of sp³-hybridized carbons (Fsp3) is 0.292. The summed E-state index contributed by atoms with van der Waals surface area (Å²) in [4.78, 5) is 12.4. The summed E-state index contributed by atoms with van der Waals surface area (Å²) in [6.45, 7) is 2.35. The minimum absolute atomic E-state index is 0.120. The van der Waals surface area contributed by atoms with Crippen LogP contribution in [0.2, 0.25) is 0 Å². The highest BCUT2D eigenvalue weighted by molar-refractivity contribution is 5.89. The van der Waals surface area contributed by atoms with Gasteiger partial charge in [-0.05, 0) is 48.9 Å². The molecule has 1 amide bonds. The first-order valence-corrected chi connectivity index (χ1v) is 9.75. The molecule has 0 aliphatic rings. The molecule has 3 aromatic rings. The summed E-state index contributed by atoms with van der Waals surface area (Å²) in [7, 11) is 3.24. The molecule has 1 unspecified atom stereocenters. The SMILES string of the molecule is COc1ccc(CCCNC(=O)C(C)Oc2cccc3ccccc23)cc1OC. The van der Waals surface area contributed by atoms with E-state index >= 15 is 0 Å². The molecule has 0 aromatic heterocycles.